The molecule has 0 spiro atoms. The normalized spacial score (nSPS) is 14.0. The quantitative estimate of drug-likeness (QED) is 0.222. The van der Waals surface area contributed by atoms with Gasteiger partial charge in [0, 0.05) is 55.6 Å². The largest absolute Gasteiger partial charge is 0.483 e. The number of hydrogen-bond acceptors (Lipinski definition) is 4. The smallest absolute Gasteiger partial charge is 0.253 e. The van der Waals surface area contributed by atoms with Crippen LogP contribution in [0.5, 0.6) is 5.75 Å². The molecule has 1 aliphatic rings. The van der Waals surface area contributed by atoms with Crippen LogP contribution in [0.4, 0.5) is 17.6 Å². The zero-order valence-corrected chi connectivity index (χ0v) is 22.1. The van der Waals surface area contributed by atoms with E-state index in [9.17, 15) is 22.4 Å². The van der Waals surface area contributed by atoms with Crippen molar-refractivity contribution in [2.24, 2.45) is 0 Å². The van der Waals surface area contributed by atoms with Crippen molar-refractivity contribution in [3.8, 4) is 11.4 Å². The number of rotatable bonds is 7. The monoisotopic (exact) mass is 552 g/mol. The lowest BCUT2D eigenvalue weighted by Crippen LogP contribution is -2.48. The molecule has 0 bridgehead atoms. The summed E-state index contributed by atoms with van der Waals surface area (Å²) in [5.74, 6) is -7.51. The molecule has 0 aliphatic carbocycles. The summed E-state index contributed by atoms with van der Waals surface area (Å²) < 4.78 is 61.4. The first kappa shape index (κ1) is 27.4. The standard InChI is InChI=1S/C30H28F4N4O2/c1-19-24(20(2)38(35-19)23-6-4-3-5-7-23)17-36-12-14-37(15-13-36)30(39)22-10-8-21(9-11-22)18-40-29-27(33)25(31)16-26(32)28(29)34/h3-11,16H,12-15,17-18H2,1-2H3. The summed E-state index contributed by atoms with van der Waals surface area (Å²) in [5.41, 5.74) is 5.22. The van der Waals surface area contributed by atoms with E-state index in [4.69, 9.17) is 9.84 Å². The first-order valence-electron chi connectivity index (χ1n) is 12.9. The van der Waals surface area contributed by atoms with E-state index in [2.05, 4.69) is 11.8 Å². The Balaban J connectivity index is 1.16. The van der Waals surface area contributed by atoms with Crippen LogP contribution in [0, 0.1) is 37.1 Å². The maximum atomic E-state index is 13.8. The van der Waals surface area contributed by atoms with Crippen molar-refractivity contribution in [3.05, 3.63) is 112 Å². The van der Waals surface area contributed by atoms with Crippen molar-refractivity contribution in [3.63, 3.8) is 0 Å². The van der Waals surface area contributed by atoms with Crippen molar-refractivity contribution < 1.29 is 27.1 Å². The predicted octanol–water partition coefficient (Wildman–Crippen LogP) is 5.58. The van der Waals surface area contributed by atoms with Gasteiger partial charge in [-0.3, -0.25) is 9.69 Å². The molecule has 6 nitrogen and oxygen atoms in total. The molecule has 1 saturated heterocycles. The number of carbonyl (C=O) groups excluding carboxylic acids is 1. The molecule has 1 amide bonds. The number of aromatic nitrogens is 2. The van der Waals surface area contributed by atoms with Gasteiger partial charge < -0.3 is 9.64 Å². The molecular formula is C30H28F4N4O2. The molecule has 2 heterocycles. The first-order chi connectivity index (χ1) is 19.2. The van der Waals surface area contributed by atoms with Crippen LogP contribution in [-0.2, 0) is 13.2 Å². The van der Waals surface area contributed by atoms with Crippen molar-refractivity contribution in [2.45, 2.75) is 27.0 Å². The van der Waals surface area contributed by atoms with Crippen LogP contribution < -0.4 is 4.74 Å². The van der Waals surface area contributed by atoms with E-state index in [0.717, 1.165) is 23.6 Å². The van der Waals surface area contributed by atoms with Gasteiger partial charge >= 0.3 is 0 Å². The predicted molar refractivity (Wildman–Crippen MR) is 141 cm³/mol. The highest BCUT2D eigenvalue weighted by Gasteiger charge is 2.25. The van der Waals surface area contributed by atoms with Gasteiger partial charge in [0.1, 0.15) is 6.61 Å². The summed E-state index contributed by atoms with van der Waals surface area (Å²) in [6.07, 6.45) is 0. The first-order valence-corrected chi connectivity index (χ1v) is 12.9. The summed E-state index contributed by atoms with van der Waals surface area (Å²) in [6, 6.07) is 16.5. The van der Waals surface area contributed by atoms with Gasteiger partial charge in [-0.1, -0.05) is 30.3 Å². The molecule has 40 heavy (non-hydrogen) atoms. The number of amides is 1. The fraction of sp³-hybridized carbons (Fsp3) is 0.267. The molecule has 0 unspecified atom stereocenters. The highest BCUT2D eigenvalue weighted by Crippen LogP contribution is 2.27. The number of aryl methyl sites for hydroxylation is 1. The van der Waals surface area contributed by atoms with Gasteiger partial charge in [0.15, 0.2) is 17.4 Å². The van der Waals surface area contributed by atoms with Gasteiger partial charge in [-0.25, -0.2) is 13.5 Å². The summed E-state index contributed by atoms with van der Waals surface area (Å²) in [4.78, 5) is 17.2. The Morgan fingerprint density at radius 3 is 2.12 bits per heavy atom. The average Bonchev–Trinajstić information content (AvgIpc) is 3.25. The number of hydrogen-bond donors (Lipinski definition) is 0. The molecule has 0 atom stereocenters. The van der Waals surface area contributed by atoms with E-state index in [1.807, 2.05) is 41.9 Å². The second-order valence-electron chi connectivity index (χ2n) is 9.75. The molecule has 4 aromatic rings. The molecular weight excluding hydrogens is 524 g/mol. The number of para-hydroxylation sites is 1. The molecule has 1 aromatic heterocycles. The topological polar surface area (TPSA) is 50.6 Å². The van der Waals surface area contributed by atoms with E-state index < -0.39 is 29.0 Å². The van der Waals surface area contributed by atoms with Crippen molar-refractivity contribution in [1.82, 2.24) is 19.6 Å². The van der Waals surface area contributed by atoms with E-state index in [1.54, 1.807) is 29.2 Å². The molecule has 1 fully saturated rings. The Morgan fingerprint density at radius 1 is 0.875 bits per heavy atom. The van der Waals surface area contributed by atoms with Crippen LogP contribution in [0.2, 0.25) is 0 Å². The Morgan fingerprint density at radius 2 is 1.50 bits per heavy atom. The highest BCUT2D eigenvalue weighted by molar-refractivity contribution is 5.94. The van der Waals surface area contributed by atoms with Gasteiger partial charge in [0.05, 0.1) is 11.4 Å². The van der Waals surface area contributed by atoms with Gasteiger partial charge in [-0.2, -0.15) is 13.9 Å². The molecule has 3 aromatic carbocycles. The number of carbonyl (C=O) groups is 1. The van der Waals surface area contributed by atoms with E-state index in [0.29, 0.717) is 37.3 Å². The maximum absolute atomic E-state index is 13.8. The fourth-order valence-electron chi connectivity index (χ4n) is 4.82. The summed E-state index contributed by atoms with van der Waals surface area (Å²) >= 11 is 0. The second-order valence-corrected chi connectivity index (χ2v) is 9.75. The number of nitrogens with zero attached hydrogens (tertiary/aromatic N) is 4. The fourth-order valence-corrected chi connectivity index (χ4v) is 4.82. The minimum atomic E-state index is -1.60. The van der Waals surface area contributed by atoms with E-state index in [-0.39, 0.29) is 18.6 Å². The van der Waals surface area contributed by atoms with E-state index in [1.165, 1.54) is 5.56 Å². The molecule has 5 rings (SSSR count). The Labute approximate surface area is 229 Å². The van der Waals surface area contributed by atoms with Crippen molar-refractivity contribution in [2.75, 3.05) is 26.2 Å². The van der Waals surface area contributed by atoms with Crippen LogP contribution in [0.15, 0.2) is 60.7 Å². The third kappa shape index (κ3) is 5.58. The highest BCUT2D eigenvalue weighted by atomic mass is 19.2. The minimum absolute atomic E-state index is 0.124. The van der Waals surface area contributed by atoms with Crippen LogP contribution in [-0.4, -0.2) is 51.7 Å². The molecule has 0 N–H and O–H groups in total. The molecule has 0 radical (unpaired) electrons. The zero-order chi connectivity index (χ0) is 28.4. The van der Waals surface area contributed by atoms with Gasteiger partial charge in [-0.15, -0.1) is 0 Å². The van der Waals surface area contributed by atoms with E-state index >= 15 is 0 Å². The van der Waals surface area contributed by atoms with Gasteiger partial charge in [0.25, 0.3) is 5.91 Å². The number of halogens is 4. The van der Waals surface area contributed by atoms with Crippen LogP contribution in [0.3, 0.4) is 0 Å². The van der Waals surface area contributed by atoms with Crippen LogP contribution in [0.25, 0.3) is 5.69 Å². The second kappa shape index (κ2) is 11.5. The number of piperazine rings is 1. The SMILES string of the molecule is Cc1nn(-c2ccccc2)c(C)c1CN1CCN(C(=O)c2ccc(COc3c(F)c(F)cc(F)c3F)cc2)CC1. The van der Waals surface area contributed by atoms with Crippen LogP contribution in [0.1, 0.15) is 32.9 Å². The van der Waals surface area contributed by atoms with Crippen molar-refractivity contribution in [1.29, 1.82) is 0 Å². The lowest BCUT2D eigenvalue weighted by atomic mass is 10.1. The molecule has 0 saturated carbocycles. The summed E-state index contributed by atoms with van der Waals surface area (Å²) in [5, 5.41) is 4.73. The maximum Gasteiger partial charge on any atom is 0.253 e. The third-order valence-electron chi connectivity index (χ3n) is 7.14. The van der Waals surface area contributed by atoms with Gasteiger partial charge in [-0.05, 0) is 43.7 Å². The minimum Gasteiger partial charge on any atom is -0.483 e. The summed E-state index contributed by atoms with van der Waals surface area (Å²) in [6.45, 7) is 7.07. The van der Waals surface area contributed by atoms with Crippen LogP contribution >= 0.6 is 0 Å². The summed E-state index contributed by atoms with van der Waals surface area (Å²) in [7, 11) is 0. The Bertz CT molecular complexity index is 1490. The lowest BCUT2D eigenvalue weighted by molar-refractivity contribution is 0.0628. The molecule has 1 aliphatic heterocycles. The number of benzene rings is 3. The Kier molecular flexibility index (Phi) is 7.88. The third-order valence-corrected chi connectivity index (χ3v) is 7.14. The van der Waals surface area contributed by atoms with Crippen molar-refractivity contribution >= 4 is 5.91 Å². The molecule has 208 valence electrons. The number of ether oxygens (including phenoxy) is 1. The molecule has 10 heteroatoms. The zero-order valence-electron chi connectivity index (χ0n) is 22.1. The average molecular weight is 553 g/mol. The Hall–Kier alpha value is -4.18. The lowest BCUT2D eigenvalue weighted by Gasteiger charge is -2.34. The van der Waals surface area contributed by atoms with Gasteiger partial charge in [0.2, 0.25) is 11.6 Å².